The SMILES string of the molecule is COc1ncc(-c2cc([C@H]3C[C@@H]3c3ccc4c(c3)N(CC(F)(F)F)C(=O)C43CC3)c3ncc(F)n3n2)c(OC)n1. The van der Waals surface area contributed by atoms with Crippen LogP contribution in [0.5, 0.6) is 11.9 Å². The number of halogens is 4. The van der Waals surface area contributed by atoms with E-state index in [0.29, 0.717) is 47.4 Å². The summed E-state index contributed by atoms with van der Waals surface area (Å²) in [4.78, 5) is 26.4. The predicted octanol–water partition coefficient (Wildman–Crippen LogP) is 4.55. The van der Waals surface area contributed by atoms with E-state index in [2.05, 4.69) is 20.1 Å². The molecule has 7 rings (SSSR count). The second kappa shape index (κ2) is 8.35. The Labute approximate surface area is 224 Å². The lowest BCUT2D eigenvalue weighted by Crippen LogP contribution is -2.39. The van der Waals surface area contributed by atoms with Crippen LogP contribution in [0.15, 0.2) is 36.7 Å². The van der Waals surface area contributed by atoms with E-state index in [1.807, 2.05) is 6.07 Å². The quantitative estimate of drug-likeness (QED) is 0.323. The second-order valence-corrected chi connectivity index (χ2v) is 10.4. The lowest BCUT2D eigenvalue weighted by atomic mass is 9.95. The van der Waals surface area contributed by atoms with Crippen LogP contribution in [0.2, 0.25) is 0 Å². The van der Waals surface area contributed by atoms with Gasteiger partial charge in [0.15, 0.2) is 5.65 Å². The van der Waals surface area contributed by atoms with Gasteiger partial charge in [0.05, 0.1) is 37.1 Å². The molecule has 2 aliphatic carbocycles. The molecule has 0 saturated heterocycles. The number of alkyl halides is 3. The fourth-order valence-corrected chi connectivity index (χ4v) is 5.89. The molecule has 1 aromatic carbocycles. The summed E-state index contributed by atoms with van der Waals surface area (Å²) in [6.45, 7) is -1.31. The predicted molar refractivity (Wildman–Crippen MR) is 133 cm³/mol. The maximum atomic E-state index is 14.7. The van der Waals surface area contributed by atoms with Crippen molar-refractivity contribution in [3.63, 3.8) is 0 Å². The molecule has 0 unspecified atom stereocenters. The van der Waals surface area contributed by atoms with Gasteiger partial charge < -0.3 is 14.4 Å². The number of ether oxygens (including phenoxy) is 2. The lowest BCUT2D eigenvalue weighted by molar-refractivity contribution is -0.132. The molecule has 0 N–H and O–H groups in total. The van der Waals surface area contributed by atoms with Crippen LogP contribution in [-0.4, -0.2) is 57.4 Å². The minimum Gasteiger partial charge on any atom is -0.480 e. The van der Waals surface area contributed by atoms with Crippen molar-refractivity contribution < 1.29 is 31.8 Å². The molecule has 2 fully saturated rings. The third-order valence-corrected chi connectivity index (χ3v) is 8.03. The number of fused-ring (bicyclic) bond motifs is 3. The van der Waals surface area contributed by atoms with Gasteiger partial charge in [-0.25, -0.2) is 9.97 Å². The van der Waals surface area contributed by atoms with Crippen LogP contribution in [0.1, 0.15) is 47.8 Å². The van der Waals surface area contributed by atoms with Gasteiger partial charge in [0, 0.05) is 17.4 Å². The number of amides is 1. The molecule has 4 aromatic rings. The third kappa shape index (κ3) is 3.70. The number of methoxy groups -OCH3 is 2. The molecule has 2 saturated carbocycles. The van der Waals surface area contributed by atoms with Crippen LogP contribution in [0.25, 0.3) is 16.9 Å². The minimum absolute atomic E-state index is 0.0586. The van der Waals surface area contributed by atoms with Gasteiger partial charge in [0.2, 0.25) is 17.7 Å². The Hall–Kier alpha value is -4.29. The van der Waals surface area contributed by atoms with Crippen molar-refractivity contribution in [1.82, 2.24) is 24.6 Å². The molecule has 1 aliphatic heterocycles. The van der Waals surface area contributed by atoms with E-state index < -0.39 is 30.0 Å². The van der Waals surface area contributed by atoms with Crippen molar-refractivity contribution in [2.24, 2.45) is 0 Å². The number of hydrogen-bond acceptors (Lipinski definition) is 7. The number of carbonyl (C=O) groups is 1. The van der Waals surface area contributed by atoms with Gasteiger partial charge in [-0.1, -0.05) is 12.1 Å². The van der Waals surface area contributed by atoms with Gasteiger partial charge in [-0.2, -0.15) is 32.2 Å². The smallest absolute Gasteiger partial charge is 0.406 e. The third-order valence-electron chi connectivity index (χ3n) is 8.03. The van der Waals surface area contributed by atoms with Gasteiger partial charge in [0.1, 0.15) is 6.54 Å². The molecule has 4 heterocycles. The number of rotatable bonds is 6. The summed E-state index contributed by atoms with van der Waals surface area (Å²) in [6.07, 6.45) is -0.175. The van der Waals surface area contributed by atoms with Crippen molar-refractivity contribution in [1.29, 1.82) is 0 Å². The highest BCUT2D eigenvalue weighted by Gasteiger charge is 2.60. The number of aromatic nitrogens is 5. The highest BCUT2D eigenvalue weighted by atomic mass is 19.4. The number of hydrogen-bond donors (Lipinski definition) is 0. The molecule has 0 radical (unpaired) electrons. The van der Waals surface area contributed by atoms with E-state index in [-0.39, 0.29) is 23.7 Å². The molecule has 2 atom stereocenters. The summed E-state index contributed by atoms with van der Waals surface area (Å²) in [5.74, 6) is -1.10. The van der Waals surface area contributed by atoms with Crippen LogP contribution in [0.4, 0.5) is 23.2 Å². The average Bonchev–Trinajstić information content (AvgIpc) is 3.86. The largest absolute Gasteiger partial charge is 0.480 e. The van der Waals surface area contributed by atoms with Crippen molar-refractivity contribution in [3.05, 3.63) is 59.3 Å². The summed E-state index contributed by atoms with van der Waals surface area (Å²) < 4.78 is 66.3. The highest BCUT2D eigenvalue weighted by molar-refractivity contribution is 6.10. The molecule has 13 heteroatoms. The monoisotopic (exact) mass is 554 g/mol. The van der Waals surface area contributed by atoms with Gasteiger partial charge in [0.25, 0.3) is 0 Å². The fraction of sp³-hybridized carbons (Fsp3) is 0.370. The Morgan fingerprint density at radius 3 is 2.58 bits per heavy atom. The van der Waals surface area contributed by atoms with Crippen molar-refractivity contribution in [2.75, 3.05) is 25.7 Å². The first-order valence-electron chi connectivity index (χ1n) is 12.7. The topological polar surface area (TPSA) is 94.7 Å². The Kier molecular flexibility index (Phi) is 5.17. The molecule has 0 bridgehead atoms. The van der Waals surface area contributed by atoms with E-state index >= 15 is 0 Å². The van der Waals surface area contributed by atoms with Gasteiger partial charge >= 0.3 is 12.2 Å². The number of benzene rings is 1. The van der Waals surface area contributed by atoms with Crippen LogP contribution in [0, 0.1) is 5.95 Å². The minimum atomic E-state index is -4.51. The summed E-state index contributed by atoms with van der Waals surface area (Å²) in [6, 6.07) is 7.28. The normalized spacial score (nSPS) is 20.8. The second-order valence-electron chi connectivity index (χ2n) is 10.4. The van der Waals surface area contributed by atoms with E-state index in [4.69, 9.17) is 9.47 Å². The highest BCUT2D eigenvalue weighted by Crippen LogP contribution is 2.61. The van der Waals surface area contributed by atoms with Gasteiger partial charge in [-0.15, -0.1) is 0 Å². The summed E-state index contributed by atoms with van der Waals surface area (Å²) in [5, 5.41) is 4.39. The van der Waals surface area contributed by atoms with E-state index in [1.54, 1.807) is 18.2 Å². The first kappa shape index (κ1) is 24.7. The zero-order valence-corrected chi connectivity index (χ0v) is 21.4. The molecule has 1 spiro atoms. The first-order chi connectivity index (χ1) is 19.1. The van der Waals surface area contributed by atoms with E-state index in [0.717, 1.165) is 26.7 Å². The summed E-state index contributed by atoms with van der Waals surface area (Å²) >= 11 is 0. The van der Waals surface area contributed by atoms with Crippen molar-refractivity contribution in [2.45, 2.75) is 42.7 Å². The molecule has 9 nitrogen and oxygen atoms in total. The maximum absolute atomic E-state index is 14.7. The lowest BCUT2D eigenvalue weighted by Gasteiger charge is -2.20. The van der Waals surface area contributed by atoms with E-state index in [1.165, 1.54) is 20.4 Å². The van der Waals surface area contributed by atoms with Crippen LogP contribution < -0.4 is 14.4 Å². The van der Waals surface area contributed by atoms with Crippen molar-refractivity contribution in [3.8, 4) is 23.1 Å². The molecule has 1 amide bonds. The summed E-state index contributed by atoms with van der Waals surface area (Å²) in [5.41, 5.74) is 2.83. The van der Waals surface area contributed by atoms with Crippen LogP contribution in [-0.2, 0) is 10.2 Å². The van der Waals surface area contributed by atoms with Crippen LogP contribution in [0.3, 0.4) is 0 Å². The fourth-order valence-electron chi connectivity index (χ4n) is 5.89. The van der Waals surface area contributed by atoms with E-state index in [9.17, 15) is 22.4 Å². The Morgan fingerprint density at radius 1 is 1.07 bits per heavy atom. The van der Waals surface area contributed by atoms with Gasteiger partial charge in [-0.05, 0) is 54.4 Å². The average molecular weight is 555 g/mol. The zero-order chi connectivity index (χ0) is 28.0. The number of anilines is 1. The molecular formula is C27H22F4N6O3. The van der Waals surface area contributed by atoms with Crippen molar-refractivity contribution >= 4 is 17.2 Å². The number of carbonyl (C=O) groups excluding carboxylic acids is 1. The summed E-state index contributed by atoms with van der Waals surface area (Å²) in [7, 11) is 2.86. The standard InChI is InChI=1S/C27H22F4N6O3/c1-39-23-17(10-33-25(34-23)40-2)19-9-16(22-32-11-21(28)37(22)35-19)15-8-14(15)13-3-4-18-20(7-13)36(12-27(29,30)31)24(38)26(18)5-6-26/h3-4,7,9-11,14-15H,5-6,8,12H2,1-2H3/t14-,15+/m1/s1. The number of imidazole rings is 1. The molecular weight excluding hydrogens is 532 g/mol. The molecule has 206 valence electrons. The first-order valence-corrected chi connectivity index (χ1v) is 12.7. The number of nitrogens with zero attached hydrogens (tertiary/aromatic N) is 6. The van der Waals surface area contributed by atoms with Crippen LogP contribution >= 0.6 is 0 Å². The molecule has 3 aromatic heterocycles. The molecule has 3 aliphatic rings. The Morgan fingerprint density at radius 2 is 1.88 bits per heavy atom. The zero-order valence-electron chi connectivity index (χ0n) is 21.4. The maximum Gasteiger partial charge on any atom is 0.406 e. The Balaban J connectivity index is 1.27. The molecule has 40 heavy (non-hydrogen) atoms. The van der Waals surface area contributed by atoms with Gasteiger partial charge in [-0.3, -0.25) is 4.79 Å². The Bertz CT molecular complexity index is 1700.